The van der Waals surface area contributed by atoms with Crippen LogP contribution in [0.15, 0.2) is 35.9 Å². The first-order valence-corrected chi connectivity index (χ1v) is 8.45. The van der Waals surface area contributed by atoms with Crippen molar-refractivity contribution in [1.82, 2.24) is 4.98 Å². The zero-order chi connectivity index (χ0) is 17.9. The van der Waals surface area contributed by atoms with Gasteiger partial charge in [0.1, 0.15) is 12.4 Å². The summed E-state index contributed by atoms with van der Waals surface area (Å²) in [5.41, 5.74) is 0.743. The number of hydrogen-bond acceptors (Lipinski definition) is 6. The van der Waals surface area contributed by atoms with Gasteiger partial charge >= 0.3 is 12.0 Å². The molecule has 0 bridgehead atoms. The van der Waals surface area contributed by atoms with Crippen molar-refractivity contribution in [2.24, 2.45) is 0 Å². The van der Waals surface area contributed by atoms with Gasteiger partial charge in [0.05, 0.1) is 0 Å². The molecule has 130 valence electrons. The molecule has 1 aromatic carbocycles. The molecule has 7 nitrogen and oxygen atoms in total. The lowest BCUT2D eigenvalue weighted by molar-refractivity contribution is -0.145. The number of hydrogen-bond donors (Lipinski definition) is 2. The van der Waals surface area contributed by atoms with Gasteiger partial charge in [-0.05, 0) is 31.2 Å². The molecule has 1 aliphatic rings. The van der Waals surface area contributed by atoms with Crippen LogP contribution in [0.1, 0.15) is 19.4 Å². The number of benzene rings is 1. The summed E-state index contributed by atoms with van der Waals surface area (Å²) in [4.78, 5) is 26.9. The van der Waals surface area contributed by atoms with Crippen LogP contribution in [0.2, 0.25) is 0 Å². The minimum absolute atomic E-state index is 0.133. The number of rotatable bonds is 4. The Bertz CT molecular complexity index is 819. The molecule has 8 heteroatoms. The fourth-order valence-electron chi connectivity index (χ4n) is 2.27. The van der Waals surface area contributed by atoms with Crippen LogP contribution in [0, 0.1) is 0 Å². The Labute approximate surface area is 148 Å². The number of carbonyl (C=O) groups is 2. The lowest BCUT2D eigenvalue weighted by Crippen LogP contribution is -2.37. The summed E-state index contributed by atoms with van der Waals surface area (Å²) >= 11 is 1.34. The monoisotopic (exact) mass is 359 g/mol. The first-order valence-electron chi connectivity index (χ1n) is 7.57. The van der Waals surface area contributed by atoms with E-state index in [4.69, 9.17) is 9.47 Å². The first-order chi connectivity index (χ1) is 11.9. The van der Waals surface area contributed by atoms with Crippen LogP contribution in [0.25, 0.3) is 6.08 Å². The Morgan fingerprint density at radius 3 is 2.92 bits per heavy atom. The molecular weight excluding hydrogens is 342 g/mol. The fraction of sp³-hybridized carbons (Fsp3) is 0.235. The Hall–Kier alpha value is -2.87. The van der Waals surface area contributed by atoms with Gasteiger partial charge in [-0.15, -0.1) is 11.3 Å². The normalized spacial score (nSPS) is 18.0. The number of carbonyl (C=O) groups excluding carboxylic acids is 2. The third-order valence-electron chi connectivity index (χ3n) is 3.44. The Morgan fingerprint density at radius 2 is 2.20 bits per heavy atom. The van der Waals surface area contributed by atoms with E-state index in [2.05, 4.69) is 15.6 Å². The first kappa shape index (κ1) is 17.0. The molecule has 0 aliphatic carbocycles. The van der Waals surface area contributed by atoms with E-state index in [1.165, 1.54) is 18.3 Å². The summed E-state index contributed by atoms with van der Waals surface area (Å²) < 4.78 is 11.0. The van der Waals surface area contributed by atoms with Gasteiger partial charge in [-0.25, -0.2) is 9.78 Å². The number of nitrogens with zero attached hydrogens (tertiary/aromatic N) is 1. The molecule has 1 aliphatic heterocycles. The van der Waals surface area contributed by atoms with Crippen LogP contribution in [-0.2, 0) is 9.53 Å². The second-order valence-corrected chi connectivity index (χ2v) is 6.59. The molecule has 2 heterocycles. The summed E-state index contributed by atoms with van der Waals surface area (Å²) in [5, 5.41) is 7.71. The second kappa shape index (κ2) is 6.94. The minimum atomic E-state index is -0.712. The molecule has 1 atom stereocenters. The maximum absolute atomic E-state index is 11.9. The molecule has 0 saturated heterocycles. The second-order valence-electron chi connectivity index (χ2n) is 5.70. The van der Waals surface area contributed by atoms with Crippen LogP contribution in [0.5, 0.6) is 5.75 Å². The van der Waals surface area contributed by atoms with Gasteiger partial charge in [-0.1, -0.05) is 6.08 Å². The third kappa shape index (κ3) is 4.36. The van der Waals surface area contributed by atoms with Crippen LogP contribution in [0.4, 0.5) is 15.6 Å². The quantitative estimate of drug-likeness (QED) is 0.816. The van der Waals surface area contributed by atoms with E-state index in [1.807, 2.05) is 19.1 Å². The van der Waals surface area contributed by atoms with Gasteiger partial charge in [-0.3, -0.25) is 10.1 Å². The van der Waals surface area contributed by atoms with Crippen molar-refractivity contribution in [3.63, 3.8) is 0 Å². The highest BCUT2D eigenvalue weighted by atomic mass is 32.1. The van der Waals surface area contributed by atoms with E-state index in [0.29, 0.717) is 16.6 Å². The zero-order valence-corrected chi connectivity index (χ0v) is 14.6. The van der Waals surface area contributed by atoms with Crippen molar-refractivity contribution in [2.45, 2.75) is 19.4 Å². The highest BCUT2D eigenvalue weighted by Gasteiger charge is 2.29. The molecule has 1 aromatic heterocycles. The number of fused-ring (bicyclic) bond motifs is 1. The Morgan fingerprint density at radius 1 is 1.36 bits per heavy atom. The summed E-state index contributed by atoms with van der Waals surface area (Å²) in [5.74, 6) is 0.304. The van der Waals surface area contributed by atoms with E-state index in [1.54, 1.807) is 29.8 Å². The highest BCUT2D eigenvalue weighted by Crippen LogP contribution is 2.33. The van der Waals surface area contributed by atoms with Gasteiger partial charge in [0.15, 0.2) is 10.7 Å². The molecule has 0 radical (unpaired) electrons. The van der Waals surface area contributed by atoms with E-state index in [9.17, 15) is 9.59 Å². The van der Waals surface area contributed by atoms with Gasteiger partial charge < -0.3 is 14.8 Å². The van der Waals surface area contributed by atoms with Crippen molar-refractivity contribution in [1.29, 1.82) is 0 Å². The van der Waals surface area contributed by atoms with Crippen molar-refractivity contribution < 1.29 is 19.1 Å². The molecule has 2 N–H and O–H groups in total. The average Bonchev–Trinajstić information content (AvgIpc) is 3.06. The van der Waals surface area contributed by atoms with Crippen molar-refractivity contribution in [3.8, 4) is 5.75 Å². The predicted molar refractivity (Wildman–Crippen MR) is 95.9 cm³/mol. The summed E-state index contributed by atoms with van der Waals surface area (Å²) in [6.07, 6.45) is 5.33. The van der Waals surface area contributed by atoms with Crippen LogP contribution in [-0.4, -0.2) is 29.2 Å². The van der Waals surface area contributed by atoms with Gasteiger partial charge in [0.25, 0.3) is 0 Å². The lowest BCUT2D eigenvalue weighted by Gasteiger charge is -2.31. The van der Waals surface area contributed by atoms with E-state index in [0.717, 1.165) is 5.56 Å². The standard InChI is InChI=1S/C17H17N3O4S/c1-11(21)23-10-17(2)6-5-12-9-13(3-4-14(12)24-17)19-15(22)20-16-18-7-8-25-16/h3-9H,10H2,1-2H3,(H2,18,19,20,22). The number of anilines is 2. The van der Waals surface area contributed by atoms with Crippen molar-refractivity contribution in [2.75, 3.05) is 17.2 Å². The largest absolute Gasteiger partial charge is 0.479 e. The topological polar surface area (TPSA) is 89.5 Å². The summed E-state index contributed by atoms with van der Waals surface area (Å²) in [7, 11) is 0. The van der Waals surface area contributed by atoms with Crippen LogP contribution < -0.4 is 15.4 Å². The fourth-order valence-corrected chi connectivity index (χ4v) is 2.79. The van der Waals surface area contributed by atoms with E-state index in [-0.39, 0.29) is 18.6 Å². The number of urea groups is 1. The summed E-state index contributed by atoms with van der Waals surface area (Å²) in [6, 6.07) is 4.95. The molecule has 2 aromatic rings. The third-order valence-corrected chi connectivity index (χ3v) is 4.13. The lowest BCUT2D eigenvalue weighted by atomic mass is 10.0. The van der Waals surface area contributed by atoms with Crippen molar-refractivity contribution >= 4 is 40.2 Å². The van der Waals surface area contributed by atoms with Gasteiger partial charge in [0, 0.05) is 29.8 Å². The molecule has 0 fully saturated rings. The van der Waals surface area contributed by atoms with Crippen LogP contribution in [0.3, 0.4) is 0 Å². The Balaban J connectivity index is 1.66. The van der Waals surface area contributed by atoms with E-state index < -0.39 is 5.60 Å². The highest BCUT2D eigenvalue weighted by molar-refractivity contribution is 7.13. The van der Waals surface area contributed by atoms with Crippen molar-refractivity contribution in [3.05, 3.63) is 41.4 Å². The molecular formula is C17H17N3O4S. The SMILES string of the molecule is CC(=O)OCC1(C)C=Cc2cc(NC(=O)Nc3nccs3)ccc2O1. The van der Waals surface area contributed by atoms with Gasteiger partial charge in [-0.2, -0.15) is 0 Å². The number of amides is 2. The predicted octanol–water partition coefficient (Wildman–Crippen LogP) is 3.51. The molecule has 2 amide bonds. The molecule has 0 saturated carbocycles. The molecule has 3 rings (SSSR count). The number of aromatic nitrogens is 1. The maximum Gasteiger partial charge on any atom is 0.325 e. The maximum atomic E-state index is 11.9. The molecule has 0 spiro atoms. The Kier molecular flexibility index (Phi) is 4.71. The smallest absolute Gasteiger partial charge is 0.325 e. The number of ether oxygens (including phenoxy) is 2. The van der Waals surface area contributed by atoms with Gasteiger partial charge in [0.2, 0.25) is 0 Å². The molecule has 25 heavy (non-hydrogen) atoms. The minimum Gasteiger partial charge on any atom is -0.479 e. The van der Waals surface area contributed by atoms with E-state index >= 15 is 0 Å². The number of thiazole rings is 1. The number of esters is 1. The zero-order valence-electron chi connectivity index (χ0n) is 13.7. The van der Waals surface area contributed by atoms with Crippen LogP contribution >= 0.6 is 11.3 Å². The average molecular weight is 359 g/mol. The summed E-state index contributed by atoms with van der Waals surface area (Å²) in [6.45, 7) is 3.33. The molecule has 1 unspecified atom stereocenters. The number of nitrogens with one attached hydrogen (secondary N) is 2.